The highest BCUT2D eigenvalue weighted by Gasteiger charge is 2.52. The maximum absolute atomic E-state index is 12.4. The van der Waals surface area contributed by atoms with E-state index >= 15 is 0 Å². The van der Waals surface area contributed by atoms with E-state index in [1.165, 1.54) is 38.5 Å². The van der Waals surface area contributed by atoms with E-state index in [-0.39, 0.29) is 17.2 Å². The van der Waals surface area contributed by atoms with Crippen LogP contribution in [0.25, 0.3) is 0 Å². The van der Waals surface area contributed by atoms with Crippen LogP contribution >= 0.6 is 0 Å². The molecular weight excluding hydrogens is 238 g/mol. The molecule has 19 heavy (non-hydrogen) atoms. The van der Waals surface area contributed by atoms with Crippen LogP contribution in [-0.2, 0) is 9.59 Å². The molecule has 104 valence electrons. The van der Waals surface area contributed by atoms with Gasteiger partial charge in [-0.2, -0.15) is 0 Å². The zero-order valence-electron chi connectivity index (χ0n) is 11.6. The van der Waals surface area contributed by atoms with Gasteiger partial charge in [-0.1, -0.05) is 0 Å². The van der Waals surface area contributed by atoms with Crippen molar-refractivity contribution in [2.45, 2.75) is 57.8 Å². The van der Waals surface area contributed by atoms with Gasteiger partial charge in [0.1, 0.15) is 0 Å². The summed E-state index contributed by atoms with van der Waals surface area (Å²) in [7, 11) is 0. The first-order chi connectivity index (χ1) is 9.13. The summed E-state index contributed by atoms with van der Waals surface area (Å²) in [5, 5.41) is 0. The van der Waals surface area contributed by atoms with Crippen LogP contribution in [-0.4, -0.2) is 23.3 Å². The lowest BCUT2D eigenvalue weighted by atomic mass is 9.49. The number of carbonyl (C=O) groups excluding carboxylic acids is 2. The molecule has 0 radical (unpaired) electrons. The van der Waals surface area contributed by atoms with Crippen LogP contribution in [0.1, 0.15) is 57.8 Å². The van der Waals surface area contributed by atoms with Crippen LogP contribution in [0, 0.1) is 23.2 Å². The van der Waals surface area contributed by atoms with Crippen molar-refractivity contribution in [2.75, 3.05) is 6.54 Å². The third-order valence-electron chi connectivity index (χ3n) is 6.07. The SMILES string of the molecule is O=C1CCCN1C(=O)CC12CC3CC(CC(C3)C1)C2. The van der Waals surface area contributed by atoms with E-state index in [1.54, 1.807) is 4.90 Å². The minimum absolute atomic E-state index is 0.0646. The van der Waals surface area contributed by atoms with Crippen LogP contribution in [0.4, 0.5) is 0 Å². The average Bonchev–Trinajstić information content (AvgIpc) is 2.72. The highest BCUT2D eigenvalue weighted by molar-refractivity contribution is 5.96. The quantitative estimate of drug-likeness (QED) is 0.766. The molecule has 4 bridgehead atoms. The molecule has 2 amide bonds. The summed E-state index contributed by atoms with van der Waals surface area (Å²) in [5.74, 6) is 2.84. The molecule has 1 heterocycles. The standard InChI is InChI=1S/C16H23NO2/c18-14-2-1-3-17(14)15(19)10-16-7-11-4-12(8-16)6-13(5-11)9-16/h11-13H,1-10H2. The highest BCUT2D eigenvalue weighted by atomic mass is 16.2. The molecule has 0 aromatic heterocycles. The van der Waals surface area contributed by atoms with Gasteiger partial charge in [-0.3, -0.25) is 14.5 Å². The van der Waals surface area contributed by atoms with Gasteiger partial charge >= 0.3 is 0 Å². The lowest BCUT2D eigenvalue weighted by Gasteiger charge is -2.56. The lowest BCUT2D eigenvalue weighted by Crippen LogP contribution is -2.48. The maximum Gasteiger partial charge on any atom is 0.229 e. The molecule has 3 nitrogen and oxygen atoms in total. The second-order valence-electron chi connectivity index (χ2n) is 7.64. The monoisotopic (exact) mass is 261 g/mol. The van der Waals surface area contributed by atoms with Crippen LogP contribution in [0.3, 0.4) is 0 Å². The van der Waals surface area contributed by atoms with Gasteiger partial charge < -0.3 is 0 Å². The molecule has 5 aliphatic rings. The van der Waals surface area contributed by atoms with E-state index in [4.69, 9.17) is 0 Å². The summed E-state index contributed by atoms with van der Waals surface area (Å²) in [6.45, 7) is 0.671. The number of hydrogen-bond acceptors (Lipinski definition) is 2. The lowest BCUT2D eigenvalue weighted by molar-refractivity contribution is -0.146. The van der Waals surface area contributed by atoms with Crippen molar-refractivity contribution < 1.29 is 9.59 Å². The minimum Gasteiger partial charge on any atom is -0.283 e. The summed E-state index contributed by atoms with van der Waals surface area (Å²) in [4.78, 5) is 25.7. The third-order valence-corrected chi connectivity index (χ3v) is 6.07. The van der Waals surface area contributed by atoms with Crippen molar-refractivity contribution in [1.29, 1.82) is 0 Å². The second-order valence-corrected chi connectivity index (χ2v) is 7.64. The Morgan fingerprint density at radius 3 is 2.16 bits per heavy atom. The van der Waals surface area contributed by atoms with Crippen LogP contribution in [0.2, 0.25) is 0 Å². The molecular formula is C16H23NO2. The number of nitrogens with zero attached hydrogens (tertiary/aromatic N) is 1. The number of rotatable bonds is 2. The molecule has 0 atom stereocenters. The summed E-state index contributed by atoms with van der Waals surface area (Å²) < 4.78 is 0. The Morgan fingerprint density at radius 1 is 1.11 bits per heavy atom. The number of carbonyl (C=O) groups is 2. The van der Waals surface area contributed by atoms with Gasteiger partial charge in [0.15, 0.2) is 0 Å². The number of hydrogen-bond donors (Lipinski definition) is 0. The predicted octanol–water partition coefficient (Wildman–Crippen LogP) is 2.74. The average molecular weight is 261 g/mol. The highest BCUT2D eigenvalue weighted by Crippen LogP contribution is 2.61. The van der Waals surface area contributed by atoms with Gasteiger partial charge in [0.25, 0.3) is 0 Å². The molecule has 4 saturated carbocycles. The summed E-state index contributed by atoms with van der Waals surface area (Å²) in [5.41, 5.74) is 0.273. The first-order valence-corrected chi connectivity index (χ1v) is 7.97. The first kappa shape index (κ1) is 11.9. The van der Waals surface area contributed by atoms with Gasteiger partial charge in [0, 0.05) is 19.4 Å². The fraction of sp³-hybridized carbons (Fsp3) is 0.875. The van der Waals surface area contributed by atoms with Crippen molar-refractivity contribution in [1.82, 2.24) is 4.90 Å². The summed E-state index contributed by atoms with van der Waals surface area (Å²) >= 11 is 0. The van der Waals surface area contributed by atoms with E-state index in [0.717, 1.165) is 24.2 Å². The van der Waals surface area contributed by atoms with E-state index in [1.807, 2.05) is 0 Å². The Morgan fingerprint density at radius 2 is 1.68 bits per heavy atom. The first-order valence-electron chi connectivity index (χ1n) is 7.97. The number of likely N-dealkylation sites (tertiary alicyclic amines) is 1. The van der Waals surface area contributed by atoms with E-state index in [9.17, 15) is 9.59 Å². The molecule has 3 heteroatoms. The molecule has 5 fully saturated rings. The minimum atomic E-state index is 0.0646. The molecule has 0 N–H and O–H groups in total. The Hall–Kier alpha value is -0.860. The van der Waals surface area contributed by atoms with Crippen molar-refractivity contribution in [3.05, 3.63) is 0 Å². The Bertz CT molecular complexity index is 393. The molecule has 0 unspecified atom stereocenters. The number of amides is 2. The van der Waals surface area contributed by atoms with Crippen LogP contribution < -0.4 is 0 Å². The van der Waals surface area contributed by atoms with E-state index in [2.05, 4.69) is 0 Å². The predicted molar refractivity (Wildman–Crippen MR) is 71.2 cm³/mol. The van der Waals surface area contributed by atoms with Crippen LogP contribution in [0.5, 0.6) is 0 Å². The zero-order valence-corrected chi connectivity index (χ0v) is 11.6. The third kappa shape index (κ3) is 1.93. The van der Waals surface area contributed by atoms with Crippen LogP contribution in [0.15, 0.2) is 0 Å². The van der Waals surface area contributed by atoms with Gasteiger partial charge in [0.05, 0.1) is 0 Å². The molecule has 4 aliphatic carbocycles. The second kappa shape index (κ2) is 4.07. The largest absolute Gasteiger partial charge is 0.283 e. The Kier molecular flexibility index (Phi) is 2.55. The number of imide groups is 1. The van der Waals surface area contributed by atoms with E-state index in [0.29, 0.717) is 19.4 Å². The Balaban J connectivity index is 1.50. The van der Waals surface area contributed by atoms with Crippen molar-refractivity contribution in [3.63, 3.8) is 0 Å². The fourth-order valence-corrected chi connectivity index (χ4v) is 5.83. The molecule has 0 spiro atoms. The topological polar surface area (TPSA) is 37.4 Å². The van der Waals surface area contributed by atoms with Gasteiger partial charge in [-0.25, -0.2) is 0 Å². The molecule has 1 aliphatic heterocycles. The fourth-order valence-electron chi connectivity index (χ4n) is 5.83. The molecule has 1 saturated heterocycles. The normalized spacial score (nSPS) is 44.1. The maximum atomic E-state index is 12.4. The summed E-state index contributed by atoms with van der Waals surface area (Å²) in [6, 6.07) is 0. The van der Waals surface area contributed by atoms with Gasteiger partial charge in [0.2, 0.25) is 11.8 Å². The van der Waals surface area contributed by atoms with Gasteiger partial charge in [-0.05, 0) is 68.1 Å². The smallest absolute Gasteiger partial charge is 0.229 e. The summed E-state index contributed by atoms with van der Waals surface area (Å²) in [6.07, 6.45) is 10.1. The van der Waals surface area contributed by atoms with E-state index < -0.39 is 0 Å². The molecule has 5 rings (SSSR count). The molecule has 0 aromatic rings. The zero-order chi connectivity index (χ0) is 13.0. The van der Waals surface area contributed by atoms with Gasteiger partial charge in [-0.15, -0.1) is 0 Å². The van der Waals surface area contributed by atoms with Crippen molar-refractivity contribution >= 4 is 11.8 Å². The van der Waals surface area contributed by atoms with Crippen molar-refractivity contribution in [2.24, 2.45) is 23.2 Å². The Labute approximate surface area is 114 Å². The molecule has 0 aromatic carbocycles. The van der Waals surface area contributed by atoms with Crippen molar-refractivity contribution in [3.8, 4) is 0 Å².